The summed E-state index contributed by atoms with van der Waals surface area (Å²) in [6.07, 6.45) is 3.45. The van der Waals surface area contributed by atoms with Crippen LogP contribution in [0.3, 0.4) is 0 Å². The maximum atomic E-state index is 11.7. The molecule has 0 aliphatic heterocycles. The van der Waals surface area contributed by atoms with Crippen molar-refractivity contribution in [3.63, 3.8) is 0 Å². The van der Waals surface area contributed by atoms with Crippen molar-refractivity contribution < 1.29 is 4.79 Å². The number of carbonyl (C=O) groups excluding carboxylic acids is 1. The summed E-state index contributed by atoms with van der Waals surface area (Å²) in [6, 6.07) is 3.25. The highest BCUT2D eigenvalue weighted by Crippen LogP contribution is 2.10. The fourth-order valence-corrected chi connectivity index (χ4v) is 1.33. The van der Waals surface area contributed by atoms with Crippen LogP contribution in [-0.4, -0.2) is 16.9 Å². The van der Waals surface area contributed by atoms with E-state index in [0.29, 0.717) is 0 Å². The van der Waals surface area contributed by atoms with Crippen molar-refractivity contribution in [1.29, 1.82) is 0 Å². The number of halogens is 2. The molecule has 3 N–H and O–H groups in total. The third-order valence-electron chi connectivity index (χ3n) is 2.56. The summed E-state index contributed by atoms with van der Waals surface area (Å²) in [7, 11) is 0. The molecule has 2 atom stereocenters. The first-order valence-corrected chi connectivity index (χ1v) is 5.48. The zero-order valence-corrected chi connectivity index (χ0v) is 12.4. The van der Waals surface area contributed by atoms with Crippen molar-refractivity contribution in [2.45, 2.75) is 32.9 Å². The fourth-order valence-electron chi connectivity index (χ4n) is 1.33. The minimum Gasteiger partial charge on any atom is -0.348 e. The van der Waals surface area contributed by atoms with Crippen LogP contribution in [0.2, 0.25) is 0 Å². The monoisotopic (exact) mass is 293 g/mol. The van der Waals surface area contributed by atoms with E-state index >= 15 is 0 Å². The van der Waals surface area contributed by atoms with Gasteiger partial charge >= 0.3 is 0 Å². The molecule has 0 saturated heterocycles. The van der Waals surface area contributed by atoms with Gasteiger partial charge < -0.3 is 11.1 Å². The van der Waals surface area contributed by atoms with Crippen LogP contribution in [-0.2, 0) is 4.79 Å². The number of nitrogens with two attached hydrogens (primary N) is 1. The second kappa shape index (κ2) is 9.14. The Hall–Kier alpha value is -0.840. The smallest absolute Gasteiger partial charge is 0.237 e. The number of hydrogen-bond donors (Lipinski definition) is 2. The van der Waals surface area contributed by atoms with E-state index in [4.69, 9.17) is 5.73 Å². The first-order valence-electron chi connectivity index (χ1n) is 5.48. The number of amides is 1. The van der Waals surface area contributed by atoms with Gasteiger partial charge in [-0.1, -0.05) is 19.9 Å². The Balaban J connectivity index is 0. The standard InChI is InChI=1S/C12H19N3O.2ClH/c1-8(2)11(13)12(16)15-9(3)10-5-4-6-14-7-10;;/h4-9,11H,13H2,1-3H3,(H,15,16);2*1H/t9-,11?;;/m0../s1. The van der Waals surface area contributed by atoms with Crippen molar-refractivity contribution in [2.24, 2.45) is 11.7 Å². The molecule has 104 valence electrons. The number of carbonyl (C=O) groups is 1. The predicted octanol–water partition coefficient (Wildman–Crippen LogP) is 2.09. The average Bonchev–Trinajstić information content (AvgIpc) is 2.28. The molecule has 1 heterocycles. The summed E-state index contributed by atoms with van der Waals surface area (Å²) in [5, 5.41) is 2.87. The highest BCUT2D eigenvalue weighted by Gasteiger charge is 2.19. The Kier molecular flexibility index (Phi) is 9.90. The molecule has 0 aliphatic carbocycles. The Morgan fingerprint density at radius 1 is 1.33 bits per heavy atom. The predicted molar refractivity (Wildman–Crippen MR) is 78.1 cm³/mol. The molecular weight excluding hydrogens is 273 g/mol. The summed E-state index contributed by atoms with van der Waals surface area (Å²) >= 11 is 0. The summed E-state index contributed by atoms with van der Waals surface area (Å²) < 4.78 is 0. The molecule has 1 rings (SSSR count). The van der Waals surface area contributed by atoms with E-state index in [0.717, 1.165) is 5.56 Å². The van der Waals surface area contributed by atoms with Crippen LogP contribution < -0.4 is 11.1 Å². The molecule has 1 amide bonds. The lowest BCUT2D eigenvalue weighted by Gasteiger charge is -2.19. The third-order valence-corrected chi connectivity index (χ3v) is 2.56. The zero-order chi connectivity index (χ0) is 12.1. The van der Waals surface area contributed by atoms with E-state index in [-0.39, 0.29) is 42.7 Å². The van der Waals surface area contributed by atoms with Gasteiger partial charge in [0.2, 0.25) is 5.91 Å². The lowest BCUT2D eigenvalue weighted by atomic mass is 10.0. The molecule has 0 radical (unpaired) electrons. The first kappa shape index (κ1) is 19.5. The van der Waals surface area contributed by atoms with Gasteiger partial charge in [0.05, 0.1) is 12.1 Å². The topological polar surface area (TPSA) is 68.0 Å². The summed E-state index contributed by atoms with van der Waals surface area (Å²) in [5.74, 6) is 0.0208. The van der Waals surface area contributed by atoms with Gasteiger partial charge in [-0.25, -0.2) is 0 Å². The molecule has 0 aliphatic rings. The van der Waals surface area contributed by atoms with Crippen molar-refractivity contribution in [1.82, 2.24) is 10.3 Å². The van der Waals surface area contributed by atoms with Crippen LogP contribution in [0.15, 0.2) is 24.5 Å². The molecule has 0 spiro atoms. The number of hydrogen-bond acceptors (Lipinski definition) is 3. The molecule has 1 unspecified atom stereocenters. The minimum absolute atomic E-state index is 0. The Morgan fingerprint density at radius 3 is 2.39 bits per heavy atom. The van der Waals surface area contributed by atoms with E-state index in [1.54, 1.807) is 12.4 Å². The van der Waals surface area contributed by atoms with Crippen molar-refractivity contribution in [3.05, 3.63) is 30.1 Å². The fraction of sp³-hybridized carbons (Fsp3) is 0.500. The second-order valence-electron chi connectivity index (χ2n) is 4.29. The second-order valence-corrected chi connectivity index (χ2v) is 4.29. The highest BCUT2D eigenvalue weighted by molar-refractivity contribution is 5.85. The molecule has 6 heteroatoms. The molecule has 0 bridgehead atoms. The quantitative estimate of drug-likeness (QED) is 0.893. The Morgan fingerprint density at radius 2 is 1.94 bits per heavy atom. The van der Waals surface area contributed by atoms with Crippen molar-refractivity contribution >= 4 is 30.7 Å². The maximum Gasteiger partial charge on any atom is 0.237 e. The van der Waals surface area contributed by atoms with Crippen LogP contribution in [0.5, 0.6) is 0 Å². The molecule has 0 aromatic carbocycles. The van der Waals surface area contributed by atoms with Crippen molar-refractivity contribution in [3.8, 4) is 0 Å². The minimum atomic E-state index is -0.459. The SMILES string of the molecule is CC(C)C(N)C(=O)N[C@@H](C)c1cccnc1.Cl.Cl. The van der Waals surface area contributed by atoms with Crippen LogP contribution in [0.25, 0.3) is 0 Å². The number of rotatable bonds is 4. The molecular formula is C12H21Cl2N3O. The summed E-state index contributed by atoms with van der Waals surface area (Å²) in [4.78, 5) is 15.7. The zero-order valence-electron chi connectivity index (χ0n) is 10.8. The maximum absolute atomic E-state index is 11.7. The number of nitrogens with zero attached hydrogens (tertiary/aromatic N) is 1. The molecule has 0 fully saturated rings. The van der Waals surface area contributed by atoms with Crippen LogP contribution in [0.4, 0.5) is 0 Å². The van der Waals surface area contributed by atoms with E-state index in [1.165, 1.54) is 0 Å². The van der Waals surface area contributed by atoms with Gasteiger partial charge in [0.15, 0.2) is 0 Å². The first-order chi connectivity index (χ1) is 7.52. The van der Waals surface area contributed by atoms with Gasteiger partial charge in [0.25, 0.3) is 0 Å². The molecule has 4 nitrogen and oxygen atoms in total. The van der Waals surface area contributed by atoms with Crippen LogP contribution in [0.1, 0.15) is 32.4 Å². The summed E-state index contributed by atoms with van der Waals surface area (Å²) in [5.41, 5.74) is 6.74. The number of aromatic nitrogens is 1. The molecule has 18 heavy (non-hydrogen) atoms. The molecule has 1 aromatic heterocycles. The highest BCUT2D eigenvalue weighted by atomic mass is 35.5. The van der Waals surface area contributed by atoms with E-state index in [1.807, 2.05) is 32.9 Å². The van der Waals surface area contributed by atoms with Gasteiger partial charge in [-0.2, -0.15) is 0 Å². The molecule has 1 aromatic rings. The van der Waals surface area contributed by atoms with Gasteiger partial charge in [0.1, 0.15) is 0 Å². The van der Waals surface area contributed by atoms with E-state index in [2.05, 4.69) is 10.3 Å². The van der Waals surface area contributed by atoms with Gasteiger partial charge in [-0.05, 0) is 24.5 Å². The van der Waals surface area contributed by atoms with E-state index in [9.17, 15) is 4.79 Å². The number of nitrogens with one attached hydrogen (secondary N) is 1. The summed E-state index contributed by atoms with van der Waals surface area (Å²) in [6.45, 7) is 5.78. The lowest BCUT2D eigenvalue weighted by molar-refractivity contribution is -0.123. The largest absolute Gasteiger partial charge is 0.348 e. The normalized spacial score (nSPS) is 12.9. The van der Waals surface area contributed by atoms with Crippen LogP contribution >= 0.6 is 24.8 Å². The Labute approximate surface area is 121 Å². The lowest BCUT2D eigenvalue weighted by Crippen LogP contribution is -2.44. The Bertz CT molecular complexity index is 346. The van der Waals surface area contributed by atoms with E-state index < -0.39 is 6.04 Å². The number of pyridine rings is 1. The third kappa shape index (κ3) is 5.67. The van der Waals surface area contributed by atoms with Crippen molar-refractivity contribution in [2.75, 3.05) is 0 Å². The average molecular weight is 294 g/mol. The molecule has 0 saturated carbocycles. The van der Waals surface area contributed by atoms with Gasteiger partial charge in [-0.15, -0.1) is 24.8 Å². The van der Waals surface area contributed by atoms with Crippen LogP contribution in [0, 0.1) is 5.92 Å². The van der Waals surface area contributed by atoms with Gasteiger partial charge in [0, 0.05) is 12.4 Å². The van der Waals surface area contributed by atoms with Gasteiger partial charge in [-0.3, -0.25) is 9.78 Å².